The summed E-state index contributed by atoms with van der Waals surface area (Å²) in [4.78, 5) is 16.0. The van der Waals surface area contributed by atoms with Crippen LogP contribution in [0.5, 0.6) is 5.75 Å². The fourth-order valence-corrected chi connectivity index (χ4v) is 2.40. The molecule has 21 heavy (non-hydrogen) atoms. The molecular formula is C15H10BrNO4. The average Bonchev–Trinajstić information content (AvgIpc) is 3.10. The van der Waals surface area contributed by atoms with Crippen molar-refractivity contribution in [1.82, 2.24) is 0 Å². The number of aliphatic imine (C=N–C) groups is 1. The van der Waals surface area contributed by atoms with Gasteiger partial charge in [-0.2, -0.15) is 0 Å². The Hall–Kier alpha value is -2.34. The molecule has 2 heterocycles. The third kappa shape index (κ3) is 2.75. The van der Waals surface area contributed by atoms with Crippen LogP contribution in [0.25, 0.3) is 6.08 Å². The van der Waals surface area contributed by atoms with Gasteiger partial charge in [-0.15, -0.1) is 0 Å². The Morgan fingerprint density at radius 1 is 1.33 bits per heavy atom. The van der Waals surface area contributed by atoms with E-state index in [4.69, 9.17) is 13.9 Å². The molecule has 0 saturated carbocycles. The van der Waals surface area contributed by atoms with Gasteiger partial charge in [-0.1, -0.05) is 6.07 Å². The minimum absolute atomic E-state index is 0.170. The molecule has 6 heteroatoms. The summed E-state index contributed by atoms with van der Waals surface area (Å²) in [6, 6.07) is 8.84. The quantitative estimate of drug-likeness (QED) is 0.630. The number of cyclic esters (lactones) is 1. The molecular weight excluding hydrogens is 338 g/mol. The van der Waals surface area contributed by atoms with Crippen LogP contribution in [-0.4, -0.2) is 19.0 Å². The number of hydrogen-bond acceptors (Lipinski definition) is 5. The monoisotopic (exact) mass is 347 g/mol. The maximum absolute atomic E-state index is 11.8. The third-order valence-corrected chi connectivity index (χ3v) is 3.45. The summed E-state index contributed by atoms with van der Waals surface area (Å²) in [5, 5.41) is 0. The van der Waals surface area contributed by atoms with Crippen LogP contribution in [0.1, 0.15) is 11.3 Å². The van der Waals surface area contributed by atoms with Gasteiger partial charge in [0.1, 0.15) is 5.75 Å². The topological polar surface area (TPSA) is 61.0 Å². The van der Waals surface area contributed by atoms with Crippen molar-refractivity contribution in [2.24, 2.45) is 4.99 Å². The lowest BCUT2D eigenvalue weighted by atomic mass is 10.2. The molecule has 0 saturated heterocycles. The van der Waals surface area contributed by atoms with Crippen molar-refractivity contribution in [3.63, 3.8) is 0 Å². The molecule has 0 bridgehead atoms. The zero-order chi connectivity index (χ0) is 14.8. The molecule has 0 atom stereocenters. The maximum Gasteiger partial charge on any atom is 0.363 e. The molecule has 5 nitrogen and oxygen atoms in total. The van der Waals surface area contributed by atoms with E-state index >= 15 is 0 Å². The van der Waals surface area contributed by atoms with Crippen LogP contribution in [0, 0.1) is 0 Å². The molecule has 0 radical (unpaired) electrons. The predicted octanol–water partition coefficient (Wildman–Crippen LogP) is 3.40. The molecule has 1 aliphatic rings. The van der Waals surface area contributed by atoms with E-state index in [9.17, 15) is 4.79 Å². The molecule has 1 aromatic heterocycles. The summed E-state index contributed by atoms with van der Waals surface area (Å²) in [5.74, 6) is 0.797. The van der Waals surface area contributed by atoms with Crippen LogP contribution < -0.4 is 4.74 Å². The van der Waals surface area contributed by atoms with Crippen molar-refractivity contribution in [2.75, 3.05) is 7.11 Å². The fraction of sp³-hybridized carbons (Fsp3) is 0.0667. The van der Waals surface area contributed by atoms with Gasteiger partial charge in [-0.05, 0) is 51.8 Å². The van der Waals surface area contributed by atoms with Gasteiger partial charge >= 0.3 is 5.97 Å². The van der Waals surface area contributed by atoms with Crippen LogP contribution >= 0.6 is 15.9 Å². The highest BCUT2D eigenvalue weighted by Crippen LogP contribution is 2.27. The molecule has 0 amide bonds. The highest BCUT2D eigenvalue weighted by Gasteiger charge is 2.25. The van der Waals surface area contributed by atoms with E-state index in [1.165, 1.54) is 6.26 Å². The molecule has 0 unspecified atom stereocenters. The lowest BCUT2D eigenvalue weighted by Gasteiger charge is -2.03. The fourth-order valence-electron chi connectivity index (χ4n) is 1.85. The first-order valence-corrected chi connectivity index (χ1v) is 6.86. The van der Waals surface area contributed by atoms with Gasteiger partial charge in [0.2, 0.25) is 0 Å². The highest BCUT2D eigenvalue weighted by atomic mass is 79.9. The smallest absolute Gasteiger partial charge is 0.363 e. The summed E-state index contributed by atoms with van der Waals surface area (Å²) in [6.07, 6.45) is 3.14. The SMILES string of the molecule is COc1ccc(/C=C2\N=C(c3ccco3)OC2=O)cc1Br. The number of furan rings is 1. The molecule has 0 N–H and O–H groups in total. The van der Waals surface area contributed by atoms with Crippen molar-refractivity contribution in [3.8, 4) is 5.75 Å². The summed E-state index contributed by atoms with van der Waals surface area (Å²) < 4.78 is 16.2. The number of rotatable bonds is 3. The Labute approximate surface area is 129 Å². The van der Waals surface area contributed by atoms with E-state index in [1.807, 2.05) is 12.1 Å². The van der Waals surface area contributed by atoms with Crippen molar-refractivity contribution in [3.05, 3.63) is 58.1 Å². The van der Waals surface area contributed by atoms with Crippen molar-refractivity contribution < 1.29 is 18.7 Å². The number of methoxy groups -OCH3 is 1. The molecule has 3 rings (SSSR count). The number of hydrogen-bond donors (Lipinski definition) is 0. The molecule has 1 aliphatic heterocycles. The Bertz CT molecular complexity index is 747. The molecule has 1 aromatic carbocycles. The number of esters is 1. The largest absolute Gasteiger partial charge is 0.496 e. The minimum Gasteiger partial charge on any atom is -0.496 e. The van der Waals surface area contributed by atoms with Crippen molar-refractivity contribution in [1.29, 1.82) is 0 Å². The molecule has 0 spiro atoms. The molecule has 2 aromatic rings. The number of nitrogens with zero attached hydrogens (tertiary/aromatic N) is 1. The normalized spacial score (nSPS) is 16.0. The first kappa shape index (κ1) is 13.6. The standard InChI is InChI=1S/C15H10BrNO4/c1-19-12-5-4-9(7-10(12)16)8-11-15(18)21-14(17-11)13-3-2-6-20-13/h2-8H,1H3/b11-8-. The third-order valence-electron chi connectivity index (χ3n) is 2.83. The van der Waals surface area contributed by atoms with E-state index in [0.29, 0.717) is 11.5 Å². The Morgan fingerprint density at radius 2 is 2.19 bits per heavy atom. The van der Waals surface area contributed by atoms with Crippen LogP contribution in [0.4, 0.5) is 0 Å². The number of benzene rings is 1. The lowest BCUT2D eigenvalue weighted by Crippen LogP contribution is -2.04. The summed E-state index contributed by atoms with van der Waals surface area (Å²) >= 11 is 3.39. The van der Waals surface area contributed by atoms with Gasteiger partial charge in [-0.3, -0.25) is 0 Å². The van der Waals surface area contributed by atoms with Crippen molar-refractivity contribution in [2.45, 2.75) is 0 Å². The van der Waals surface area contributed by atoms with E-state index < -0.39 is 5.97 Å². The number of halogens is 1. The van der Waals surface area contributed by atoms with Gasteiger partial charge in [0.05, 0.1) is 17.8 Å². The Kier molecular flexibility index (Phi) is 3.62. The summed E-state index contributed by atoms with van der Waals surface area (Å²) in [5.41, 5.74) is 1.03. The highest BCUT2D eigenvalue weighted by molar-refractivity contribution is 9.10. The first-order chi connectivity index (χ1) is 10.2. The number of carbonyl (C=O) groups excluding carboxylic acids is 1. The first-order valence-electron chi connectivity index (χ1n) is 6.07. The second-order valence-electron chi connectivity index (χ2n) is 4.21. The van der Waals surface area contributed by atoms with Crippen LogP contribution in [0.15, 0.2) is 56.2 Å². The maximum atomic E-state index is 11.8. The summed E-state index contributed by atoms with van der Waals surface area (Å²) in [6.45, 7) is 0. The lowest BCUT2D eigenvalue weighted by molar-refractivity contribution is -0.130. The van der Waals surface area contributed by atoms with Gasteiger partial charge < -0.3 is 13.9 Å². The van der Waals surface area contributed by atoms with E-state index in [0.717, 1.165) is 10.0 Å². The van der Waals surface area contributed by atoms with E-state index in [2.05, 4.69) is 20.9 Å². The second-order valence-corrected chi connectivity index (χ2v) is 5.06. The second kappa shape index (κ2) is 5.57. The average molecular weight is 348 g/mol. The summed E-state index contributed by atoms with van der Waals surface area (Å²) in [7, 11) is 1.59. The van der Waals surface area contributed by atoms with E-state index in [-0.39, 0.29) is 11.6 Å². The van der Waals surface area contributed by atoms with Crippen molar-refractivity contribution >= 4 is 33.9 Å². The minimum atomic E-state index is -0.506. The zero-order valence-electron chi connectivity index (χ0n) is 11.0. The van der Waals surface area contributed by atoms with Crippen LogP contribution in [-0.2, 0) is 9.53 Å². The predicted molar refractivity (Wildman–Crippen MR) is 80.0 cm³/mol. The van der Waals surface area contributed by atoms with Crippen LogP contribution in [0.3, 0.4) is 0 Å². The van der Waals surface area contributed by atoms with Crippen LogP contribution in [0.2, 0.25) is 0 Å². The molecule has 106 valence electrons. The van der Waals surface area contributed by atoms with E-state index in [1.54, 1.807) is 31.4 Å². The molecule has 0 aliphatic carbocycles. The number of ether oxygens (including phenoxy) is 2. The number of carbonyl (C=O) groups is 1. The molecule has 0 fully saturated rings. The van der Waals surface area contributed by atoms with Gasteiger partial charge in [0.25, 0.3) is 5.90 Å². The Morgan fingerprint density at radius 3 is 2.86 bits per heavy atom. The van der Waals surface area contributed by atoms with Gasteiger partial charge in [-0.25, -0.2) is 9.79 Å². The zero-order valence-corrected chi connectivity index (χ0v) is 12.6. The Balaban J connectivity index is 1.92. The van der Waals surface area contributed by atoms with Gasteiger partial charge in [0, 0.05) is 0 Å². The van der Waals surface area contributed by atoms with Gasteiger partial charge in [0.15, 0.2) is 11.5 Å².